The second-order valence-corrected chi connectivity index (χ2v) is 12.8. The predicted molar refractivity (Wildman–Crippen MR) is 88.3 cm³/mol. The minimum absolute atomic E-state index is 0.257. The van der Waals surface area contributed by atoms with Gasteiger partial charge in [0, 0.05) is 13.0 Å². The molecule has 0 bridgehead atoms. The Balaban J connectivity index is 2.70. The Kier molecular flexibility index (Phi) is 5.79. The first-order chi connectivity index (χ1) is 9.04. The molecule has 0 N–H and O–H groups in total. The Hall–Kier alpha value is -0.413. The molecule has 116 valence electrons. The van der Waals surface area contributed by atoms with Gasteiger partial charge in [-0.15, -0.1) is 0 Å². The van der Waals surface area contributed by atoms with E-state index in [9.17, 15) is 4.79 Å². The minimum atomic E-state index is -1.68. The van der Waals surface area contributed by atoms with E-state index < -0.39 is 8.32 Å². The molecule has 0 aromatic heterocycles. The maximum absolute atomic E-state index is 11.3. The lowest BCUT2D eigenvalue weighted by molar-refractivity contribution is -0.115. The first-order valence-electron chi connectivity index (χ1n) is 7.89. The molecule has 3 heteroatoms. The Bertz CT molecular complexity index is 364. The zero-order chi connectivity index (χ0) is 15.6. The van der Waals surface area contributed by atoms with Crippen molar-refractivity contribution in [3.05, 3.63) is 12.2 Å². The van der Waals surface area contributed by atoms with Gasteiger partial charge in [-0.3, -0.25) is 4.79 Å². The number of hydrogen-bond donors (Lipinski definition) is 0. The van der Waals surface area contributed by atoms with Gasteiger partial charge in [-0.1, -0.05) is 40.7 Å². The summed E-state index contributed by atoms with van der Waals surface area (Å²) in [5.41, 5.74) is 0. The van der Waals surface area contributed by atoms with Crippen molar-refractivity contribution in [2.75, 3.05) is 6.61 Å². The molecule has 0 radical (unpaired) electrons. The summed E-state index contributed by atoms with van der Waals surface area (Å²) in [5.74, 6) is 1.88. The van der Waals surface area contributed by atoms with Gasteiger partial charge in [-0.2, -0.15) is 0 Å². The number of ketones is 1. The predicted octanol–water partition coefficient (Wildman–Crippen LogP) is 4.82. The first kappa shape index (κ1) is 17.6. The molecule has 1 rings (SSSR count). The van der Waals surface area contributed by atoms with Gasteiger partial charge in [0.05, 0.1) is 0 Å². The SMILES string of the molecule is CC(C)[C@H](CO[Si](C)(C)C(C)(C)C)[C@H]1C=CC(=O)CC1. The van der Waals surface area contributed by atoms with Crippen LogP contribution in [0.4, 0.5) is 0 Å². The second-order valence-electron chi connectivity index (χ2n) is 8.01. The lowest BCUT2D eigenvalue weighted by atomic mass is 9.79. The highest BCUT2D eigenvalue weighted by atomic mass is 28.4. The normalized spacial score (nSPS) is 22.4. The molecule has 0 aliphatic heterocycles. The van der Waals surface area contributed by atoms with E-state index in [1.165, 1.54) is 0 Å². The third-order valence-electron chi connectivity index (χ3n) is 5.10. The molecule has 1 aliphatic rings. The Morgan fingerprint density at radius 3 is 2.35 bits per heavy atom. The zero-order valence-electron chi connectivity index (χ0n) is 14.3. The maximum atomic E-state index is 11.3. The summed E-state index contributed by atoms with van der Waals surface area (Å²) in [6, 6.07) is 0. The van der Waals surface area contributed by atoms with E-state index in [4.69, 9.17) is 4.43 Å². The van der Waals surface area contributed by atoms with Gasteiger partial charge >= 0.3 is 0 Å². The van der Waals surface area contributed by atoms with Crippen molar-refractivity contribution in [1.29, 1.82) is 0 Å². The number of allylic oxidation sites excluding steroid dienone is 2. The highest BCUT2D eigenvalue weighted by molar-refractivity contribution is 6.74. The fraction of sp³-hybridized carbons (Fsp3) is 0.824. The van der Waals surface area contributed by atoms with Crippen LogP contribution in [0.15, 0.2) is 12.2 Å². The number of carbonyl (C=O) groups excluding carboxylic acids is 1. The van der Waals surface area contributed by atoms with E-state index in [0.717, 1.165) is 13.0 Å². The maximum Gasteiger partial charge on any atom is 0.191 e. The zero-order valence-corrected chi connectivity index (χ0v) is 15.3. The molecule has 0 heterocycles. The van der Waals surface area contributed by atoms with E-state index in [1.54, 1.807) is 6.08 Å². The van der Waals surface area contributed by atoms with Crippen LogP contribution in [0.2, 0.25) is 18.1 Å². The summed E-state index contributed by atoms with van der Waals surface area (Å²) in [6.07, 6.45) is 5.57. The summed E-state index contributed by atoms with van der Waals surface area (Å²) in [4.78, 5) is 11.3. The van der Waals surface area contributed by atoms with Crippen LogP contribution in [0.25, 0.3) is 0 Å². The van der Waals surface area contributed by atoms with Crippen molar-refractivity contribution in [3.8, 4) is 0 Å². The van der Waals surface area contributed by atoms with Crippen LogP contribution in [-0.4, -0.2) is 20.7 Å². The third-order valence-corrected chi connectivity index (χ3v) is 9.60. The third kappa shape index (κ3) is 4.56. The summed E-state index contributed by atoms with van der Waals surface area (Å²) >= 11 is 0. The average molecular weight is 297 g/mol. The second kappa shape index (κ2) is 6.57. The van der Waals surface area contributed by atoms with Crippen LogP contribution in [0, 0.1) is 17.8 Å². The van der Waals surface area contributed by atoms with Crippen LogP contribution in [0.1, 0.15) is 47.5 Å². The lowest BCUT2D eigenvalue weighted by Crippen LogP contribution is -2.43. The summed E-state index contributed by atoms with van der Waals surface area (Å²) in [5, 5.41) is 0.257. The van der Waals surface area contributed by atoms with Crippen molar-refractivity contribution < 1.29 is 9.22 Å². The van der Waals surface area contributed by atoms with Gasteiger partial charge < -0.3 is 4.43 Å². The molecular formula is C17H32O2Si. The van der Waals surface area contributed by atoms with E-state index in [0.29, 0.717) is 24.2 Å². The average Bonchev–Trinajstić information content (AvgIpc) is 2.29. The Morgan fingerprint density at radius 1 is 1.35 bits per heavy atom. The molecule has 0 amide bonds. The Labute approximate surface area is 126 Å². The van der Waals surface area contributed by atoms with Gasteiger partial charge in [0.1, 0.15) is 0 Å². The topological polar surface area (TPSA) is 26.3 Å². The molecule has 0 saturated heterocycles. The van der Waals surface area contributed by atoms with Crippen LogP contribution in [0.5, 0.6) is 0 Å². The smallest absolute Gasteiger partial charge is 0.191 e. The highest BCUT2D eigenvalue weighted by Crippen LogP contribution is 2.38. The molecule has 2 atom stereocenters. The van der Waals surface area contributed by atoms with Crippen LogP contribution in [0.3, 0.4) is 0 Å². The van der Waals surface area contributed by atoms with Gasteiger partial charge in [0.25, 0.3) is 0 Å². The molecule has 1 aliphatic carbocycles. The van der Waals surface area contributed by atoms with Crippen molar-refractivity contribution in [1.82, 2.24) is 0 Å². The summed E-state index contributed by atoms with van der Waals surface area (Å²) in [6.45, 7) is 16.8. The highest BCUT2D eigenvalue weighted by Gasteiger charge is 2.38. The van der Waals surface area contributed by atoms with Gasteiger partial charge in [0.15, 0.2) is 14.1 Å². The Morgan fingerprint density at radius 2 is 1.95 bits per heavy atom. The van der Waals surface area contributed by atoms with E-state index >= 15 is 0 Å². The quantitative estimate of drug-likeness (QED) is 0.680. The molecule has 0 fully saturated rings. The summed E-state index contributed by atoms with van der Waals surface area (Å²) < 4.78 is 6.42. The van der Waals surface area contributed by atoms with Crippen LogP contribution >= 0.6 is 0 Å². The van der Waals surface area contributed by atoms with Crippen molar-refractivity contribution in [2.45, 2.75) is 65.6 Å². The van der Waals surface area contributed by atoms with Gasteiger partial charge in [-0.05, 0) is 48.4 Å². The molecule has 0 aromatic rings. The minimum Gasteiger partial charge on any atom is -0.417 e. The van der Waals surface area contributed by atoms with Crippen molar-refractivity contribution >= 4 is 14.1 Å². The molecule has 2 nitrogen and oxygen atoms in total. The van der Waals surface area contributed by atoms with Crippen molar-refractivity contribution in [2.24, 2.45) is 17.8 Å². The molecule has 0 unspecified atom stereocenters. The molecule has 0 aromatic carbocycles. The molecular weight excluding hydrogens is 264 g/mol. The lowest BCUT2D eigenvalue weighted by Gasteiger charge is -2.39. The van der Waals surface area contributed by atoms with E-state index in [-0.39, 0.29) is 10.8 Å². The fourth-order valence-electron chi connectivity index (χ4n) is 2.41. The monoisotopic (exact) mass is 296 g/mol. The van der Waals surface area contributed by atoms with Crippen LogP contribution < -0.4 is 0 Å². The largest absolute Gasteiger partial charge is 0.417 e. The van der Waals surface area contributed by atoms with Gasteiger partial charge in [0.2, 0.25) is 0 Å². The van der Waals surface area contributed by atoms with E-state index in [1.807, 2.05) is 0 Å². The number of carbonyl (C=O) groups is 1. The van der Waals surface area contributed by atoms with E-state index in [2.05, 4.69) is 53.8 Å². The molecule has 0 saturated carbocycles. The number of rotatable bonds is 5. The molecule has 20 heavy (non-hydrogen) atoms. The standard InChI is InChI=1S/C17H32O2Si/c1-13(2)16(14-8-10-15(18)11-9-14)12-19-20(6,7)17(3,4)5/h8,10,13-14,16H,9,11-12H2,1-7H3/t14-,16-/m0/s1. The first-order valence-corrected chi connectivity index (χ1v) is 10.8. The van der Waals surface area contributed by atoms with Crippen molar-refractivity contribution in [3.63, 3.8) is 0 Å². The molecule has 0 spiro atoms. The fourth-order valence-corrected chi connectivity index (χ4v) is 3.45. The van der Waals surface area contributed by atoms with Gasteiger partial charge in [-0.25, -0.2) is 0 Å². The van der Waals surface area contributed by atoms with Crippen LogP contribution in [-0.2, 0) is 9.22 Å². The summed E-state index contributed by atoms with van der Waals surface area (Å²) in [7, 11) is -1.68. The number of hydrogen-bond acceptors (Lipinski definition) is 2.